The van der Waals surface area contributed by atoms with Crippen molar-refractivity contribution in [3.05, 3.63) is 35.9 Å². The molecule has 0 bridgehead atoms. The second-order valence-corrected chi connectivity index (χ2v) is 6.16. The number of rotatable bonds is 8. The molecule has 1 atom stereocenters. The molecular weight excluding hydrogens is 262 g/mol. The number of hydrogen-bond acceptors (Lipinski definition) is 3. The molecule has 1 fully saturated rings. The Morgan fingerprint density at radius 2 is 1.90 bits per heavy atom. The van der Waals surface area contributed by atoms with Gasteiger partial charge >= 0.3 is 0 Å². The van der Waals surface area contributed by atoms with Crippen LogP contribution in [0.4, 0.5) is 0 Å². The van der Waals surface area contributed by atoms with Crippen LogP contribution in [0.5, 0.6) is 0 Å². The standard InChI is InChI=1S/C18H29NO2/c1-2-19-18(14-20,17-11-7-4-8-12-17)15-21-13-16-9-5-3-6-10-16/h4,7-8,11-12,16,19-20H,2-3,5-6,9-10,13-15H2,1H3. The fraction of sp³-hybridized carbons (Fsp3) is 0.667. The van der Waals surface area contributed by atoms with E-state index in [0.717, 1.165) is 18.7 Å². The van der Waals surface area contributed by atoms with Gasteiger partial charge in [0.25, 0.3) is 0 Å². The van der Waals surface area contributed by atoms with Crippen LogP contribution in [-0.2, 0) is 10.3 Å². The molecule has 0 spiro atoms. The van der Waals surface area contributed by atoms with Crippen molar-refractivity contribution in [1.29, 1.82) is 0 Å². The number of benzene rings is 1. The molecule has 3 nitrogen and oxygen atoms in total. The Morgan fingerprint density at radius 3 is 2.52 bits per heavy atom. The summed E-state index contributed by atoms with van der Waals surface area (Å²) >= 11 is 0. The summed E-state index contributed by atoms with van der Waals surface area (Å²) in [6.07, 6.45) is 6.63. The number of ether oxygens (including phenoxy) is 1. The highest BCUT2D eigenvalue weighted by molar-refractivity contribution is 5.25. The fourth-order valence-electron chi connectivity index (χ4n) is 3.28. The predicted octanol–water partition coefficient (Wildman–Crippen LogP) is 3.08. The lowest BCUT2D eigenvalue weighted by Crippen LogP contribution is -2.49. The Hall–Kier alpha value is -0.900. The van der Waals surface area contributed by atoms with Crippen LogP contribution in [0.25, 0.3) is 0 Å². The molecule has 0 amide bonds. The molecule has 1 aliphatic carbocycles. The lowest BCUT2D eigenvalue weighted by molar-refractivity contribution is 0.0132. The first kappa shape index (κ1) is 16.5. The number of aliphatic hydroxyl groups is 1. The van der Waals surface area contributed by atoms with Gasteiger partial charge in [0.1, 0.15) is 0 Å². The second kappa shape index (κ2) is 8.52. The summed E-state index contributed by atoms with van der Waals surface area (Å²) < 4.78 is 6.01. The van der Waals surface area contributed by atoms with Crippen LogP contribution in [-0.4, -0.2) is 31.5 Å². The van der Waals surface area contributed by atoms with Crippen molar-refractivity contribution in [2.75, 3.05) is 26.4 Å². The minimum atomic E-state index is -0.481. The first-order valence-electron chi connectivity index (χ1n) is 8.30. The zero-order valence-electron chi connectivity index (χ0n) is 13.2. The Bertz CT molecular complexity index is 389. The maximum Gasteiger partial charge on any atom is 0.0905 e. The molecule has 2 N–H and O–H groups in total. The summed E-state index contributed by atoms with van der Waals surface area (Å²) in [5.41, 5.74) is 0.614. The SMILES string of the molecule is CCNC(CO)(COCC1CCCCC1)c1ccccc1. The lowest BCUT2D eigenvalue weighted by atomic mass is 9.89. The smallest absolute Gasteiger partial charge is 0.0905 e. The fourth-order valence-corrected chi connectivity index (χ4v) is 3.28. The molecule has 1 aliphatic rings. The van der Waals surface area contributed by atoms with E-state index in [1.165, 1.54) is 32.1 Å². The molecule has 0 aromatic heterocycles. The van der Waals surface area contributed by atoms with E-state index in [2.05, 4.69) is 24.4 Å². The van der Waals surface area contributed by atoms with Gasteiger partial charge in [0, 0.05) is 6.61 Å². The molecule has 1 unspecified atom stereocenters. The van der Waals surface area contributed by atoms with Crippen LogP contribution in [0, 0.1) is 5.92 Å². The van der Waals surface area contributed by atoms with E-state index in [4.69, 9.17) is 4.74 Å². The van der Waals surface area contributed by atoms with Crippen LogP contribution in [0.15, 0.2) is 30.3 Å². The van der Waals surface area contributed by atoms with Crippen molar-refractivity contribution < 1.29 is 9.84 Å². The number of nitrogens with one attached hydrogen (secondary N) is 1. The molecule has 118 valence electrons. The van der Waals surface area contributed by atoms with E-state index in [1.54, 1.807) is 0 Å². The average molecular weight is 291 g/mol. The first-order valence-corrected chi connectivity index (χ1v) is 8.30. The summed E-state index contributed by atoms with van der Waals surface area (Å²) in [5, 5.41) is 13.4. The molecule has 0 saturated heterocycles. The van der Waals surface area contributed by atoms with Crippen LogP contribution in [0.1, 0.15) is 44.6 Å². The van der Waals surface area contributed by atoms with Crippen LogP contribution in [0.3, 0.4) is 0 Å². The van der Waals surface area contributed by atoms with Crippen molar-refractivity contribution >= 4 is 0 Å². The normalized spacial score (nSPS) is 19.3. The number of aliphatic hydroxyl groups excluding tert-OH is 1. The van der Waals surface area contributed by atoms with Crippen molar-refractivity contribution in [2.24, 2.45) is 5.92 Å². The number of likely N-dealkylation sites (N-methyl/N-ethyl adjacent to an activating group) is 1. The molecule has 1 aromatic carbocycles. The molecule has 1 aromatic rings. The Kier molecular flexibility index (Phi) is 6.68. The van der Waals surface area contributed by atoms with E-state index < -0.39 is 5.54 Å². The van der Waals surface area contributed by atoms with E-state index in [-0.39, 0.29) is 6.61 Å². The van der Waals surface area contributed by atoms with Crippen molar-refractivity contribution in [3.8, 4) is 0 Å². The molecular formula is C18H29NO2. The minimum Gasteiger partial charge on any atom is -0.394 e. The van der Waals surface area contributed by atoms with E-state index >= 15 is 0 Å². The van der Waals surface area contributed by atoms with Gasteiger partial charge in [-0.3, -0.25) is 0 Å². The summed E-state index contributed by atoms with van der Waals surface area (Å²) in [4.78, 5) is 0. The van der Waals surface area contributed by atoms with Crippen LogP contribution in [0.2, 0.25) is 0 Å². The van der Waals surface area contributed by atoms with Crippen LogP contribution < -0.4 is 5.32 Å². The summed E-state index contributed by atoms with van der Waals surface area (Å²) in [7, 11) is 0. The highest BCUT2D eigenvalue weighted by atomic mass is 16.5. The Balaban J connectivity index is 1.95. The van der Waals surface area contributed by atoms with Gasteiger partial charge in [0.2, 0.25) is 0 Å². The average Bonchev–Trinajstić information content (AvgIpc) is 2.56. The minimum absolute atomic E-state index is 0.0511. The Morgan fingerprint density at radius 1 is 1.19 bits per heavy atom. The molecule has 0 heterocycles. The van der Waals surface area contributed by atoms with Gasteiger partial charge in [0.15, 0.2) is 0 Å². The van der Waals surface area contributed by atoms with Crippen molar-refractivity contribution in [1.82, 2.24) is 5.32 Å². The third kappa shape index (κ3) is 4.53. The molecule has 0 aliphatic heterocycles. The van der Waals surface area contributed by atoms with E-state index in [0.29, 0.717) is 12.5 Å². The highest BCUT2D eigenvalue weighted by Crippen LogP contribution is 2.26. The zero-order chi connectivity index (χ0) is 15.0. The summed E-state index contributed by atoms with van der Waals surface area (Å²) in [6, 6.07) is 10.1. The maximum atomic E-state index is 9.96. The topological polar surface area (TPSA) is 41.5 Å². The highest BCUT2D eigenvalue weighted by Gasteiger charge is 2.31. The molecule has 1 saturated carbocycles. The monoisotopic (exact) mass is 291 g/mol. The first-order chi connectivity index (χ1) is 10.3. The third-order valence-electron chi connectivity index (χ3n) is 4.54. The van der Waals surface area contributed by atoms with E-state index in [9.17, 15) is 5.11 Å². The second-order valence-electron chi connectivity index (χ2n) is 6.16. The van der Waals surface area contributed by atoms with Gasteiger partial charge in [-0.05, 0) is 30.9 Å². The molecule has 2 rings (SSSR count). The molecule has 21 heavy (non-hydrogen) atoms. The van der Waals surface area contributed by atoms with Gasteiger partial charge in [-0.15, -0.1) is 0 Å². The summed E-state index contributed by atoms with van der Waals surface area (Å²) in [6.45, 7) is 4.27. The van der Waals surface area contributed by atoms with Gasteiger partial charge < -0.3 is 15.2 Å². The third-order valence-corrected chi connectivity index (χ3v) is 4.54. The maximum absolute atomic E-state index is 9.96. The number of hydrogen-bond donors (Lipinski definition) is 2. The van der Waals surface area contributed by atoms with Crippen molar-refractivity contribution in [3.63, 3.8) is 0 Å². The van der Waals surface area contributed by atoms with Gasteiger partial charge in [-0.2, -0.15) is 0 Å². The van der Waals surface area contributed by atoms with Crippen molar-refractivity contribution in [2.45, 2.75) is 44.6 Å². The lowest BCUT2D eigenvalue weighted by Gasteiger charge is -2.34. The predicted molar refractivity (Wildman–Crippen MR) is 86.3 cm³/mol. The zero-order valence-corrected chi connectivity index (χ0v) is 13.2. The van der Waals surface area contributed by atoms with Gasteiger partial charge in [-0.1, -0.05) is 56.5 Å². The van der Waals surface area contributed by atoms with E-state index in [1.807, 2.05) is 18.2 Å². The molecule has 0 radical (unpaired) electrons. The Labute approximate surface area is 128 Å². The summed E-state index contributed by atoms with van der Waals surface area (Å²) in [5.74, 6) is 0.701. The van der Waals surface area contributed by atoms with Gasteiger partial charge in [-0.25, -0.2) is 0 Å². The van der Waals surface area contributed by atoms with Crippen LogP contribution >= 0.6 is 0 Å². The quantitative estimate of drug-likeness (QED) is 0.773. The largest absolute Gasteiger partial charge is 0.394 e. The van der Waals surface area contributed by atoms with Gasteiger partial charge in [0.05, 0.1) is 18.8 Å². The molecule has 3 heteroatoms.